The molecule has 3 N–H and O–H groups in total. The summed E-state index contributed by atoms with van der Waals surface area (Å²) < 4.78 is 26.0. The van der Waals surface area contributed by atoms with Gasteiger partial charge >= 0.3 is 0 Å². The van der Waals surface area contributed by atoms with Crippen LogP contribution in [0.1, 0.15) is 0 Å². The lowest BCUT2D eigenvalue weighted by molar-refractivity contribution is 0.584. The van der Waals surface area contributed by atoms with Gasteiger partial charge in [0.1, 0.15) is 11.6 Å². The van der Waals surface area contributed by atoms with Crippen LogP contribution in [0.15, 0.2) is 36.5 Å². The fourth-order valence-electron chi connectivity index (χ4n) is 1.38. The summed E-state index contributed by atoms with van der Waals surface area (Å²) in [4.78, 5) is 4.01. The van der Waals surface area contributed by atoms with Gasteiger partial charge in [0, 0.05) is 17.8 Å². The number of benzene rings is 1. The third-order valence-corrected chi connectivity index (χ3v) is 2.08. The van der Waals surface area contributed by atoms with E-state index in [1.54, 1.807) is 12.1 Å². The second kappa shape index (κ2) is 4.24. The summed E-state index contributed by atoms with van der Waals surface area (Å²) in [6, 6.07) is 6.50. The molecule has 5 heteroatoms. The summed E-state index contributed by atoms with van der Waals surface area (Å²) in [5.41, 5.74) is 3.88. The summed E-state index contributed by atoms with van der Waals surface area (Å²) >= 11 is 0. The first-order valence-electron chi connectivity index (χ1n) is 4.58. The normalized spacial score (nSPS) is 10.2. The van der Waals surface area contributed by atoms with E-state index in [1.807, 2.05) is 0 Å². The average Bonchev–Trinajstić information content (AvgIpc) is 2.28. The van der Waals surface area contributed by atoms with Crippen LogP contribution in [0, 0.1) is 11.6 Å². The lowest BCUT2D eigenvalue weighted by atomic mass is 10.1. The summed E-state index contributed by atoms with van der Waals surface area (Å²) in [7, 11) is 0. The molecule has 3 nitrogen and oxygen atoms in total. The number of nitrogens with one attached hydrogen (secondary N) is 1. The van der Waals surface area contributed by atoms with E-state index in [4.69, 9.17) is 5.84 Å². The van der Waals surface area contributed by atoms with Crippen molar-refractivity contribution in [1.29, 1.82) is 0 Å². The molecule has 0 fully saturated rings. The Hall–Kier alpha value is -2.01. The Morgan fingerprint density at radius 2 is 1.75 bits per heavy atom. The first-order valence-corrected chi connectivity index (χ1v) is 4.58. The van der Waals surface area contributed by atoms with Gasteiger partial charge in [0.2, 0.25) is 0 Å². The molecule has 0 saturated carbocycles. The number of hydrogen-bond acceptors (Lipinski definition) is 3. The molecule has 0 saturated heterocycles. The van der Waals surface area contributed by atoms with Crippen molar-refractivity contribution in [3.63, 3.8) is 0 Å². The van der Waals surface area contributed by atoms with Gasteiger partial charge in [-0.2, -0.15) is 0 Å². The summed E-state index contributed by atoms with van der Waals surface area (Å²) in [6.07, 6.45) is 1.51. The van der Waals surface area contributed by atoms with Gasteiger partial charge in [-0.25, -0.2) is 8.78 Å². The summed E-state index contributed by atoms with van der Waals surface area (Å²) in [6.45, 7) is 0. The minimum atomic E-state index is -0.636. The van der Waals surface area contributed by atoms with Gasteiger partial charge in [-0.1, -0.05) is 0 Å². The van der Waals surface area contributed by atoms with Crippen LogP contribution in [-0.4, -0.2) is 4.98 Å². The minimum absolute atomic E-state index is 0.370. The molecule has 0 spiro atoms. The van der Waals surface area contributed by atoms with Crippen molar-refractivity contribution in [2.24, 2.45) is 5.84 Å². The summed E-state index contributed by atoms with van der Waals surface area (Å²) in [5.74, 6) is 3.96. The van der Waals surface area contributed by atoms with Crippen molar-refractivity contribution in [2.45, 2.75) is 0 Å². The van der Waals surface area contributed by atoms with E-state index in [2.05, 4.69) is 10.4 Å². The molecule has 0 amide bonds. The third-order valence-electron chi connectivity index (χ3n) is 2.08. The molecule has 0 unspecified atom stereocenters. The molecule has 1 heterocycles. The van der Waals surface area contributed by atoms with E-state index in [-0.39, 0.29) is 0 Å². The second-order valence-corrected chi connectivity index (χ2v) is 3.23. The maximum Gasteiger partial charge on any atom is 0.126 e. The Kier molecular flexibility index (Phi) is 2.78. The van der Waals surface area contributed by atoms with Gasteiger partial charge in [0.25, 0.3) is 0 Å². The average molecular weight is 221 g/mol. The smallest absolute Gasteiger partial charge is 0.126 e. The zero-order valence-corrected chi connectivity index (χ0v) is 8.24. The number of halogens is 2. The second-order valence-electron chi connectivity index (χ2n) is 3.23. The van der Waals surface area contributed by atoms with Gasteiger partial charge in [-0.15, -0.1) is 0 Å². The molecule has 1 aromatic heterocycles. The molecule has 0 radical (unpaired) electrons. The lowest BCUT2D eigenvalue weighted by Crippen LogP contribution is -2.06. The van der Waals surface area contributed by atoms with E-state index < -0.39 is 11.6 Å². The molecule has 2 rings (SSSR count). The van der Waals surface area contributed by atoms with E-state index in [0.717, 1.165) is 6.07 Å². The van der Waals surface area contributed by atoms with E-state index in [0.29, 0.717) is 16.9 Å². The topological polar surface area (TPSA) is 50.9 Å². The molecular formula is C11H9F2N3. The molecule has 0 atom stereocenters. The third kappa shape index (κ3) is 2.14. The zero-order chi connectivity index (χ0) is 11.5. The number of hydrogen-bond donors (Lipinski definition) is 2. The number of pyridine rings is 1. The Morgan fingerprint density at radius 3 is 2.38 bits per heavy atom. The monoisotopic (exact) mass is 221 g/mol. The Morgan fingerprint density at radius 1 is 1.06 bits per heavy atom. The van der Waals surface area contributed by atoms with Gasteiger partial charge in [-0.3, -0.25) is 10.8 Å². The van der Waals surface area contributed by atoms with Gasteiger partial charge in [-0.05, 0) is 24.3 Å². The van der Waals surface area contributed by atoms with E-state index >= 15 is 0 Å². The van der Waals surface area contributed by atoms with Crippen LogP contribution in [-0.2, 0) is 0 Å². The fraction of sp³-hybridized carbons (Fsp3) is 0. The van der Waals surface area contributed by atoms with Crippen LogP contribution in [0.4, 0.5) is 14.5 Å². The Bertz CT molecular complexity index is 494. The lowest BCUT2D eigenvalue weighted by Gasteiger charge is -2.04. The number of anilines is 1. The zero-order valence-electron chi connectivity index (χ0n) is 8.24. The van der Waals surface area contributed by atoms with Crippen LogP contribution in [0.3, 0.4) is 0 Å². The molecule has 16 heavy (non-hydrogen) atoms. The van der Waals surface area contributed by atoms with Gasteiger partial charge in [0.15, 0.2) is 0 Å². The first-order chi connectivity index (χ1) is 7.69. The number of nitrogens with zero attached hydrogens (tertiary/aromatic N) is 1. The fourth-order valence-corrected chi connectivity index (χ4v) is 1.38. The Balaban J connectivity index is 2.49. The molecule has 1 aromatic carbocycles. The first kappa shape index (κ1) is 10.5. The number of rotatable bonds is 2. The van der Waals surface area contributed by atoms with Crippen LogP contribution in [0.2, 0.25) is 0 Å². The molecule has 2 aromatic rings. The predicted molar refractivity (Wildman–Crippen MR) is 57.4 cm³/mol. The number of aromatic nitrogens is 1. The molecule has 0 bridgehead atoms. The highest BCUT2D eigenvalue weighted by Crippen LogP contribution is 2.21. The van der Waals surface area contributed by atoms with Crippen LogP contribution >= 0.6 is 0 Å². The maximum atomic E-state index is 13.0. The van der Waals surface area contributed by atoms with Crippen molar-refractivity contribution in [2.75, 3.05) is 5.43 Å². The van der Waals surface area contributed by atoms with Gasteiger partial charge < -0.3 is 5.43 Å². The SMILES string of the molecule is NNc1ccnc(-c2cc(F)cc(F)c2)c1. The predicted octanol–water partition coefficient (Wildman–Crippen LogP) is 2.31. The molecule has 0 aliphatic heterocycles. The maximum absolute atomic E-state index is 13.0. The van der Waals surface area contributed by atoms with Crippen LogP contribution in [0.25, 0.3) is 11.3 Å². The number of hydrazine groups is 1. The number of nitrogen functional groups attached to an aromatic ring is 1. The summed E-state index contributed by atoms with van der Waals surface area (Å²) in [5, 5.41) is 0. The van der Waals surface area contributed by atoms with Crippen LogP contribution in [0.5, 0.6) is 0 Å². The molecule has 82 valence electrons. The van der Waals surface area contributed by atoms with Crippen molar-refractivity contribution in [3.8, 4) is 11.3 Å². The highest BCUT2D eigenvalue weighted by Gasteiger charge is 2.04. The van der Waals surface area contributed by atoms with Crippen molar-refractivity contribution in [3.05, 3.63) is 48.2 Å². The highest BCUT2D eigenvalue weighted by molar-refractivity contribution is 5.63. The van der Waals surface area contributed by atoms with Crippen molar-refractivity contribution in [1.82, 2.24) is 4.98 Å². The van der Waals surface area contributed by atoms with E-state index in [9.17, 15) is 8.78 Å². The molecule has 0 aliphatic rings. The Labute approximate surface area is 90.9 Å². The standard InChI is InChI=1S/C11H9F2N3/c12-8-3-7(4-9(13)5-8)11-6-10(16-14)1-2-15-11/h1-6H,14H2,(H,15,16). The van der Waals surface area contributed by atoms with Crippen molar-refractivity contribution < 1.29 is 8.78 Å². The highest BCUT2D eigenvalue weighted by atomic mass is 19.1. The van der Waals surface area contributed by atoms with E-state index in [1.165, 1.54) is 18.3 Å². The van der Waals surface area contributed by atoms with Gasteiger partial charge in [0.05, 0.1) is 11.4 Å². The molecule has 0 aliphatic carbocycles. The van der Waals surface area contributed by atoms with Crippen LogP contribution < -0.4 is 11.3 Å². The molecular weight excluding hydrogens is 212 g/mol. The van der Waals surface area contributed by atoms with Crippen molar-refractivity contribution >= 4 is 5.69 Å². The quantitative estimate of drug-likeness (QED) is 0.604. The minimum Gasteiger partial charge on any atom is -0.324 e. The number of nitrogens with two attached hydrogens (primary N) is 1. The largest absolute Gasteiger partial charge is 0.324 e.